The van der Waals surface area contributed by atoms with Gasteiger partial charge in [-0.05, 0) is 65.6 Å². The maximum Gasteiger partial charge on any atom is 0.222 e. The molecule has 1 aliphatic heterocycles. The van der Waals surface area contributed by atoms with E-state index in [1.165, 1.54) is 12.8 Å². The van der Waals surface area contributed by atoms with Crippen LogP contribution in [0, 0.1) is 0 Å². The lowest BCUT2D eigenvalue weighted by Gasteiger charge is -2.21. The fraction of sp³-hybridized carbons (Fsp3) is 0.905. The lowest BCUT2D eigenvalue weighted by molar-refractivity contribution is -0.130. The average Bonchev–Trinajstić information content (AvgIpc) is 2.86. The molecule has 0 saturated carbocycles. The minimum Gasteiger partial charge on any atom is -0.357 e. The Hall–Kier alpha value is -0.570. The number of nitrogens with one attached hydrogen (secondary N) is 2. The van der Waals surface area contributed by atoms with Crippen LogP contribution in [0.25, 0.3) is 0 Å². The van der Waals surface area contributed by atoms with Gasteiger partial charge in [-0.1, -0.05) is 20.3 Å². The summed E-state index contributed by atoms with van der Waals surface area (Å²) in [4.78, 5) is 21.2. The van der Waals surface area contributed by atoms with Gasteiger partial charge in [0, 0.05) is 38.6 Å². The van der Waals surface area contributed by atoms with E-state index in [-0.39, 0.29) is 24.0 Å². The molecule has 1 heterocycles. The molecule has 1 unspecified atom stereocenters. The largest absolute Gasteiger partial charge is 0.357 e. The van der Waals surface area contributed by atoms with Crippen LogP contribution in [0.1, 0.15) is 72.6 Å². The standard InChI is InChI=1S/C21H43N5O.HI/c1-5-22-21(24-19(4)13-11-16-25(6-2)7-3)23-15-12-18-26-17-10-8-9-14-20(26)27;/h19H,5-18H2,1-4H3,(H2,22,23,24);1H. The molecule has 28 heavy (non-hydrogen) atoms. The smallest absolute Gasteiger partial charge is 0.222 e. The number of hydrogen-bond donors (Lipinski definition) is 2. The summed E-state index contributed by atoms with van der Waals surface area (Å²) in [6.07, 6.45) is 7.37. The van der Waals surface area contributed by atoms with Crippen LogP contribution in [-0.2, 0) is 4.79 Å². The van der Waals surface area contributed by atoms with Crippen molar-refractivity contribution in [1.82, 2.24) is 20.4 Å². The van der Waals surface area contributed by atoms with Gasteiger partial charge in [0.1, 0.15) is 0 Å². The third kappa shape index (κ3) is 12.1. The molecule has 0 aromatic carbocycles. The molecule has 1 rings (SSSR count). The van der Waals surface area contributed by atoms with Gasteiger partial charge in [0.15, 0.2) is 5.96 Å². The highest BCUT2D eigenvalue weighted by molar-refractivity contribution is 14.0. The third-order valence-corrected chi connectivity index (χ3v) is 5.26. The molecule has 1 aliphatic rings. The van der Waals surface area contributed by atoms with Crippen LogP contribution < -0.4 is 10.6 Å². The van der Waals surface area contributed by atoms with Crippen LogP contribution in [0.15, 0.2) is 4.99 Å². The summed E-state index contributed by atoms with van der Waals surface area (Å²) in [5.41, 5.74) is 0. The van der Waals surface area contributed by atoms with Gasteiger partial charge in [-0.3, -0.25) is 9.79 Å². The van der Waals surface area contributed by atoms with Gasteiger partial charge in [0.25, 0.3) is 0 Å². The summed E-state index contributed by atoms with van der Waals surface area (Å²) in [5.74, 6) is 1.22. The second-order valence-electron chi connectivity index (χ2n) is 7.52. The Morgan fingerprint density at radius 3 is 2.61 bits per heavy atom. The minimum atomic E-state index is 0. The predicted molar refractivity (Wildman–Crippen MR) is 131 cm³/mol. The highest BCUT2D eigenvalue weighted by atomic mass is 127. The van der Waals surface area contributed by atoms with Crippen molar-refractivity contribution in [3.05, 3.63) is 0 Å². The molecule has 0 aliphatic carbocycles. The lowest BCUT2D eigenvalue weighted by Crippen LogP contribution is -2.42. The monoisotopic (exact) mass is 509 g/mol. The van der Waals surface area contributed by atoms with Gasteiger partial charge in [0.2, 0.25) is 5.91 Å². The molecule has 1 saturated heterocycles. The lowest BCUT2D eigenvalue weighted by atomic mass is 10.2. The number of nitrogens with zero attached hydrogens (tertiary/aromatic N) is 3. The fourth-order valence-electron chi connectivity index (χ4n) is 3.51. The normalized spacial score (nSPS) is 16.5. The summed E-state index contributed by atoms with van der Waals surface area (Å²) in [6, 6.07) is 0.408. The number of amides is 1. The Bertz CT molecular complexity index is 429. The maximum absolute atomic E-state index is 12.0. The summed E-state index contributed by atoms with van der Waals surface area (Å²) in [6.45, 7) is 15.6. The first-order valence-electron chi connectivity index (χ1n) is 11.2. The summed E-state index contributed by atoms with van der Waals surface area (Å²) < 4.78 is 0. The van der Waals surface area contributed by atoms with Crippen LogP contribution in [0.3, 0.4) is 0 Å². The van der Waals surface area contributed by atoms with E-state index in [0.29, 0.717) is 11.9 Å². The number of likely N-dealkylation sites (tertiary alicyclic amines) is 1. The first kappa shape index (κ1) is 27.4. The zero-order valence-electron chi connectivity index (χ0n) is 18.6. The molecular weight excluding hydrogens is 465 g/mol. The number of guanidine groups is 1. The van der Waals surface area contributed by atoms with Crippen molar-refractivity contribution in [3.63, 3.8) is 0 Å². The molecule has 166 valence electrons. The van der Waals surface area contributed by atoms with Crippen molar-refractivity contribution in [2.24, 2.45) is 4.99 Å². The van der Waals surface area contributed by atoms with Crippen LogP contribution in [0.2, 0.25) is 0 Å². The van der Waals surface area contributed by atoms with Crippen molar-refractivity contribution in [2.45, 2.75) is 78.7 Å². The molecule has 0 spiro atoms. The van der Waals surface area contributed by atoms with Gasteiger partial charge >= 0.3 is 0 Å². The van der Waals surface area contributed by atoms with Crippen molar-refractivity contribution < 1.29 is 4.79 Å². The first-order chi connectivity index (χ1) is 13.1. The predicted octanol–water partition coefficient (Wildman–Crippen LogP) is 3.46. The molecule has 2 N–H and O–H groups in total. The number of rotatable bonds is 12. The van der Waals surface area contributed by atoms with E-state index < -0.39 is 0 Å². The molecule has 6 nitrogen and oxygen atoms in total. The number of halogens is 1. The topological polar surface area (TPSA) is 60.0 Å². The number of carbonyl (C=O) groups is 1. The van der Waals surface area contributed by atoms with Crippen LogP contribution in [0.5, 0.6) is 0 Å². The van der Waals surface area contributed by atoms with E-state index in [9.17, 15) is 4.79 Å². The number of aliphatic imine (C=N–C) groups is 1. The number of carbonyl (C=O) groups excluding carboxylic acids is 1. The average molecular weight is 510 g/mol. The van der Waals surface area contributed by atoms with Crippen molar-refractivity contribution in [1.29, 1.82) is 0 Å². The Labute approximate surface area is 190 Å². The van der Waals surface area contributed by atoms with E-state index >= 15 is 0 Å². The quantitative estimate of drug-likeness (QED) is 0.183. The van der Waals surface area contributed by atoms with Crippen LogP contribution in [-0.4, -0.2) is 73.5 Å². The molecule has 1 fully saturated rings. The number of hydrogen-bond acceptors (Lipinski definition) is 3. The van der Waals surface area contributed by atoms with Crippen molar-refractivity contribution in [2.75, 3.05) is 45.8 Å². The zero-order chi connectivity index (χ0) is 19.9. The molecular formula is C21H44IN5O. The van der Waals surface area contributed by atoms with Gasteiger partial charge in [0.05, 0.1) is 0 Å². The van der Waals surface area contributed by atoms with E-state index in [0.717, 1.165) is 83.9 Å². The molecule has 0 radical (unpaired) electrons. The summed E-state index contributed by atoms with van der Waals surface area (Å²) in [7, 11) is 0. The maximum atomic E-state index is 12.0. The Morgan fingerprint density at radius 1 is 1.18 bits per heavy atom. The molecule has 0 bridgehead atoms. The summed E-state index contributed by atoms with van der Waals surface area (Å²) >= 11 is 0. The van der Waals surface area contributed by atoms with Crippen molar-refractivity contribution in [3.8, 4) is 0 Å². The molecule has 0 aromatic rings. The molecule has 0 aromatic heterocycles. The minimum absolute atomic E-state index is 0. The Balaban J connectivity index is 0.00000729. The van der Waals surface area contributed by atoms with Crippen molar-refractivity contribution >= 4 is 35.8 Å². The van der Waals surface area contributed by atoms with E-state index in [4.69, 9.17) is 4.99 Å². The fourth-order valence-corrected chi connectivity index (χ4v) is 3.51. The van der Waals surface area contributed by atoms with Crippen LogP contribution in [0.4, 0.5) is 0 Å². The first-order valence-corrected chi connectivity index (χ1v) is 11.2. The van der Waals surface area contributed by atoms with Gasteiger partial charge in [-0.2, -0.15) is 0 Å². The SMILES string of the molecule is CCNC(=NCCCN1CCCCCC1=O)NC(C)CCCN(CC)CC.I. The molecule has 1 atom stereocenters. The second-order valence-corrected chi connectivity index (χ2v) is 7.52. The van der Waals surface area contributed by atoms with Gasteiger partial charge < -0.3 is 20.4 Å². The molecule has 7 heteroatoms. The zero-order valence-corrected chi connectivity index (χ0v) is 21.0. The van der Waals surface area contributed by atoms with Gasteiger partial charge in [-0.15, -0.1) is 24.0 Å². The Morgan fingerprint density at radius 2 is 1.93 bits per heavy atom. The highest BCUT2D eigenvalue weighted by Crippen LogP contribution is 2.11. The highest BCUT2D eigenvalue weighted by Gasteiger charge is 2.15. The Kier molecular flexibility index (Phi) is 16.9. The summed E-state index contributed by atoms with van der Waals surface area (Å²) in [5, 5.41) is 6.86. The third-order valence-electron chi connectivity index (χ3n) is 5.26. The van der Waals surface area contributed by atoms with E-state index in [1.54, 1.807) is 0 Å². The van der Waals surface area contributed by atoms with Crippen LogP contribution >= 0.6 is 24.0 Å². The second kappa shape index (κ2) is 17.3. The van der Waals surface area contributed by atoms with Gasteiger partial charge in [-0.25, -0.2) is 0 Å². The van der Waals surface area contributed by atoms with E-state index in [2.05, 4.69) is 43.2 Å². The van der Waals surface area contributed by atoms with E-state index in [1.807, 2.05) is 4.90 Å². The molecule has 1 amide bonds.